The number of aryl methyl sites for hydroxylation is 1. The van der Waals surface area contributed by atoms with Gasteiger partial charge < -0.3 is 11.1 Å². The Bertz CT molecular complexity index is 477. The van der Waals surface area contributed by atoms with Gasteiger partial charge in [-0.05, 0) is 35.6 Å². The van der Waals surface area contributed by atoms with Crippen LogP contribution in [0.4, 0.5) is 11.4 Å². The second kappa shape index (κ2) is 5.50. The van der Waals surface area contributed by atoms with Crippen molar-refractivity contribution in [2.45, 2.75) is 12.8 Å². The van der Waals surface area contributed by atoms with Crippen molar-refractivity contribution in [3.8, 4) is 0 Å². The third-order valence-electron chi connectivity index (χ3n) is 2.43. The van der Waals surface area contributed by atoms with E-state index < -0.39 is 0 Å². The fraction of sp³-hybridized carbons (Fsp3) is 0.154. The highest BCUT2D eigenvalue weighted by Crippen LogP contribution is 2.13. The molecule has 0 aliphatic heterocycles. The molecule has 17 heavy (non-hydrogen) atoms. The number of anilines is 2. The van der Waals surface area contributed by atoms with Crippen LogP contribution in [0.25, 0.3) is 0 Å². The molecular weight excluding hydrogens is 232 g/mol. The number of nitrogen functional groups attached to an aromatic ring is 1. The van der Waals surface area contributed by atoms with Crippen LogP contribution in [0, 0.1) is 0 Å². The molecule has 1 aromatic carbocycles. The van der Waals surface area contributed by atoms with Gasteiger partial charge in [0.1, 0.15) is 0 Å². The summed E-state index contributed by atoms with van der Waals surface area (Å²) >= 11 is 1.57. The molecule has 4 heteroatoms. The van der Waals surface area contributed by atoms with Gasteiger partial charge in [-0.1, -0.05) is 12.1 Å². The van der Waals surface area contributed by atoms with Crippen LogP contribution in [-0.4, -0.2) is 5.91 Å². The van der Waals surface area contributed by atoms with Crippen molar-refractivity contribution in [3.05, 3.63) is 46.7 Å². The standard InChI is InChI=1S/C13H14N2OS/c14-11-4-1-10(2-5-11)3-6-13(16)15-12-7-8-17-9-12/h1-2,4-5,7-9H,3,6,14H2,(H,15,16). The molecule has 0 saturated heterocycles. The van der Waals surface area contributed by atoms with Crippen LogP contribution < -0.4 is 11.1 Å². The molecule has 3 nitrogen and oxygen atoms in total. The molecule has 0 saturated carbocycles. The molecule has 3 N–H and O–H groups in total. The predicted octanol–water partition coefficient (Wildman–Crippen LogP) is 2.90. The second-order valence-corrected chi connectivity index (χ2v) is 4.58. The summed E-state index contributed by atoms with van der Waals surface area (Å²) in [5.41, 5.74) is 8.34. The van der Waals surface area contributed by atoms with Gasteiger partial charge in [0, 0.05) is 17.5 Å². The zero-order valence-electron chi connectivity index (χ0n) is 9.35. The molecule has 0 aliphatic carbocycles. The number of hydrogen-bond acceptors (Lipinski definition) is 3. The number of amides is 1. The molecule has 2 aromatic rings. The molecule has 1 aromatic heterocycles. The summed E-state index contributed by atoms with van der Waals surface area (Å²) in [6.45, 7) is 0. The average molecular weight is 246 g/mol. The van der Waals surface area contributed by atoms with Gasteiger partial charge in [-0.15, -0.1) is 0 Å². The highest BCUT2D eigenvalue weighted by Gasteiger charge is 2.03. The van der Waals surface area contributed by atoms with E-state index in [0.717, 1.165) is 23.4 Å². The van der Waals surface area contributed by atoms with Crippen LogP contribution in [0.3, 0.4) is 0 Å². The van der Waals surface area contributed by atoms with Crippen molar-refractivity contribution >= 4 is 28.6 Å². The zero-order chi connectivity index (χ0) is 12.1. The first-order valence-corrected chi connectivity index (χ1v) is 6.35. The fourth-order valence-corrected chi connectivity index (χ4v) is 2.09. The lowest BCUT2D eigenvalue weighted by Gasteiger charge is -2.03. The van der Waals surface area contributed by atoms with E-state index in [1.807, 2.05) is 41.1 Å². The third kappa shape index (κ3) is 3.60. The maximum atomic E-state index is 11.6. The van der Waals surface area contributed by atoms with Crippen molar-refractivity contribution in [1.29, 1.82) is 0 Å². The molecule has 0 aliphatic rings. The predicted molar refractivity (Wildman–Crippen MR) is 72.1 cm³/mol. The summed E-state index contributed by atoms with van der Waals surface area (Å²) in [6, 6.07) is 9.50. The van der Waals surface area contributed by atoms with Gasteiger partial charge in [-0.25, -0.2) is 0 Å². The van der Waals surface area contributed by atoms with Crippen LogP contribution in [-0.2, 0) is 11.2 Å². The molecule has 2 rings (SSSR count). The number of nitrogens with one attached hydrogen (secondary N) is 1. The van der Waals surface area contributed by atoms with Crippen molar-refractivity contribution in [2.24, 2.45) is 0 Å². The van der Waals surface area contributed by atoms with Crippen molar-refractivity contribution in [1.82, 2.24) is 0 Å². The molecule has 1 amide bonds. The molecule has 0 bridgehead atoms. The van der Waals surface area contributed by atoms with Crippen LogP contribution in [0.1, 0.15) is 12.0 Å². The van der Waals surface area contributed by atoms with Crippen LogP contribution in [0.5, 0.6) is 0 Å². The number of hydrogen-bond donors (Lipinski definition) is 2. The Morgan fingerprint density at radius 3 is 2.65 bits per heavy atom. The summed E-state index contributed by atoms with van der Waals surface area (Å²) in [7, 11) is 0. The number of rotatable bonds is 4. The molecule has 0 atom stereocenters. The molecule has 0 fully saturated rings. The lowest BCUT2D eigenvalue weighted by molar-refractivity contribution is -0.116. The number of carbonyl (C=O) groups is 1. The highest BCUT2D eigenvalue weighted by molar-refractivity contribution is 7.08. The minimum absolute atomic E-state index is 0.0419. The minimum Gasteiger partial charge on any atom is -0.399 e. The van der Waals surface area contributed by atoms with Crippen LogP contribution in [0.2, 0.25) is 0 Å². The normalized spacial score (nSPS) is 10.1. The number of nitrogens with two attached hydrogens (primary N) is 1. The maximum Gasteiger partial charge on any atom is 0.224 e. The Balaban J connectivity index is 1.82. The first-order chi connectivity index (χ1) is 8.24. The lowest BCUT2D eigenvalue weighted by atomic mass is 10.1. The average Bonchev–Trinajstić information content (AvgIpc) is 2.81. The number of benzene rings is 1. The van der Waals surface area contributed by atoms with Crippen LogP contribution in [0.15, 0.2) is 41.1 Å². The summed E-state index contributed by atoms with van der Waals surface area (Å²) in [6.07, 6.45) is 1.22. The van der Waals surface area contributed by atoms with E-state index in [0.29, 0.717) is 6.42 Å². The Kier molecular flexibility index (Phi) is 3.77. The van der Waals surface area contributed by atoms with Gasteiger partial charge in [-0.3, -0.25) is 4.79 Å². The second-order valence-electron chi connectivity index (χ2n) is 3.80. The maximum absolute atomic E-state index is 11.6. The quantitative estimate of drug-likeness (QED) is 0.815. The Labute approximate surface area is 104 Å². The van der Waals surface area contributed by atoms with Crippen molar-refractivity contribution in [2.75, 3.05) is 11.1 Å². The van der Waals surface area contributed by atoms with Crippen LogP contribution >= 0.6 is 11.3 Å². The largest absolute Gasteiger partial charge is 0.399 e. The third-order valence-corrected chi connectivity index (χ3v) is 3.11. The summed E-state index contributed by atoms with van der Waals surface area (Å²) in [4.78, 5) is 11.6. The van der Waals surface area contributed by atoms with E-state index in [2.05, 4.69) is 5.32 Å². The van der Waals surface area contributed by atoms with Gasteiger partial charge in [-0.2, -0.15) is 11.3 Å². The van der Waals surface area contributed by atoms with Crippen molar-refractivity contribution in [3.63, 3.8) is 0 Å². The van der Waals surface area contributed by atoms with Gasteiger partial charge in [0.2, 0.25) is 5.91 Å². The van der Waals surface area contributed by atoms with E-state index in [1.165, 1.54) is 0 Å². The monoisotopic (exact) mass is 246 g/mol. The Morgan fingerprint density at radius 1 is 1.24 bits per heavy atom. The van der Waals surface area contributed by atoms with E-state index in [4.69, 9.17) is 5.73 Å². The van der Waals surface area contributed by atoms with Gasteiger partial charge in [0.25, 0.3) is 0 Å². The molecular formula is C13H14N2OS. The first-order valence-electron chi connectivity index (χ1n) is 5.40. The zero-order valence-corrected chi connectivity index (χ0v) is 10.2. The summed E-state index contributed by atoms with van der Waals surface area (Å²) in [5, 5.41) is 6.71. The molecule has 0 radical (unpaired) electrons. The molecule has 1 heterocycles. The topological polar surface area (TPSA) is 55.1 Å². The van der Waals surface area contributed by atoms with E-state index in [-0.39, 0.29) is 5.91 Å². The molecule has 0 unspecified atom stereocenters. The molecule has 88 valence electrons. The Hall–Kier alpha value is -1.81. The van der Waals surface area contributed by atoms with Gasteiger partial charge in [0.15, 0.2) is 0 Å². The first kappa shape index (κ1) is 11.7. The Morgan fingerprint density at radius 2 is 2.00 bits per heavy atom. The van der Waals surface area contributed by atoms with Gasteiger partial charge in [0.05, 0.1) is 5.69 Å². The van der Waals surface area contributed by atoms with E-state index in [9.17, 15) is 4.79 Å². The minimum atomic E-state index is 0.0419. The molecule has 0 spiro atoms. The number of thiophene rings is 1. The summed E-state index contributed by atoms with van der Waals surface area (Å²) < 4.78 is 0. The number of carbonyl (C=O) groups excluding carboxylic acids is 1. The van der Waals surface area contributed by atoms with E-state index >= 15 is 0 Å². The SMILES string of the molecule is Nc1ccc(CCC(=O)Nc2ccsc2)cc1. The fourth-order valence-electron chi connectivity index (χ4n) is 1.50. The van der Waals surface area contributed by atoms with Gasteiger partial charge >= 0.3 is 0 Å². The van der Waals surface area contributed by atoms with E-state index in [1.54, 1.807) is 11.3 Å². The summed E-state index contributed by atoms with van der Waals surface area (Å²) in [5.74, 6) is 0.0419. The highest BCUT2D eigenvalue weighted by atomic mass is 32.1. The smallest absolute Gasteiger partial charge is 0.224 e. The lowest BCUT2D eigenvalue weighted by Crippen LogP contribution is -2.11. The van der Waals surface area contributed by atoms with Crippen molar-refractivity contribution < 1.29 is 4.79 Å².